The van der Waals surface area contributed by atoms with E-state index in [-0.39, 0.29) is 23.9 Å². The molecule has 0 aromatic carbocycles. The molecule has 3 heterocycles. The van der Waals surface area contributed by atoms with Crippen LogP contribution in [0.25, 0.3) is 0 Å². The molecule has 1 aliphatic heterocycles. The highest BCUT2D eigenvalue weighted by atomic mass is 16.2. The number of H-pyrrole nitrogens is 1. The largest absolute Gasteiger partial charge is 0.346 e. The van der Waals surface area contributed by atoms with Gasteiger partial charge >= 0.3 is 0 Å². The van der Waals surface area contributed by atoms with Crippen molar-refractivity contribution in [2.45, 2.75) is 52.7 Å². The maximum atomic E-state index is 12.3. The number of amides is 2. The summed E-state index contributed by atoms with van der Waals surface area (Å²) in [5.74, 6) is -0.200. The average Bonchev–Trinajstić information content (AvgIpc) is 2.89. The minimum atomic E-state index is -0.430. The molecule has 27 heavy (non-hydrogen) atoms. The molecular formula is C19H25N5O3. The van der Waals surface area contributed by atoms with E-state index in [2.05, 4.69) is 15.4 Å². The molecule has 1 aliphatic rings. The number of fused-ring (bicyclic) bond motifs is 1. The summed E-state index contributed by atoms with van der Waals surface area (Å²) in [5, 5.41) is 7.26. The van der Waals surface area contributed by atoms with Gasteiger partial charge in [-0.15, -0.1) is 0 Å². The van der Waals surface area contributed by atoms with Crippen molar-refractivity contribution in [3.8, 4) is 0 Å². The molecule has 8 nitrogen and oxygen atoms in total. The van der Waals surface area contributed by atoms with Crippen LogP contribution >= 0.6 is 0 Å². The molecule has 144 valence electrons. The Hall–Kier alpha value is -2.90. The average molecular weight is 371 g/mol. The second-order valence-corrected chi connectivity index (χ2v) is 7.14. The smallest absolute Gasteiger partial charge is 0.261 e. The number of rotatable bonds is 4. The predicted molar refractivity (Wildman–Crippen MR) is 100 cm³/mol. The molecular weight excluding hydrogens is 346 g/mol. The van der Waals surface area contributed by atoms with E-state index in [1.54, 1.807) is 24.0 Å². The lowest BCUT2D eigenvalue weighted by Crippen LogP contribution is -2.30. The van der Waals surface area contributed by atoms with E-state index >= 15 is 0 Å². The van der Waals surface area contributed by atoms with Gasteiger partial charge in [0, 0.05) is 25.7 Å². The lowest BCUT2D eigenvalue weighted by atomic mass is 10.1. The monoisotopic (exact) mass is 371 g/mol. The number of carbonyl (C=O) groups excluding carboxylic acids is 2. The summed E-state index contributed by atoms with van der Waals surface area (Å²) in [6, 6.07) is 5.21. The van der Waals surface area contributed by atoms with E-state index in [1.165, 1.54) is 0 Å². The number of aromatic nitrogens is 3. The van der Waals surface area contributed by atoms with Crippen LogP contribution in [0.3, 0.4) is 0 Å². The van der Waals surface area contributed by atoms with Crippen LogP contribution in [0.1, 0.15) is 60.5 Å². The van der Waals surface area contributed by atoms with E-state index in [4.69, 9.17) is 0 Å². The van der Waals surface area contributed by atoms with E-state index < -0.39 is 11.5 Å². The van der Waals surface area contributed by atoms with Gasteiger partial charge in [0.25, 0.3) is 11.5 Å². The first-order valence-electron chi connectivity index (χ1n) is 9.17. The molecule has 0 unspecified atom stereocenters. The van der Waals surface area contributed by atoms with Crippen molar-refractivity contribution in [2.75, 3.05) is 6.54 Å². The molecule has 0 radical (unpaired) electrons. The van der Waals surface area contributed by atoms with Crippen LogP contribution in [0, 0.1) is 0 Å². The van der Waals surface area contributed by atoms with Gasteiger partial charge < -0.3 is 15.2 Å². The Morgan fingerprint density at radius 1 is 1.30 bits per heavy atom. The van der Waals surface area contributed by atoms with Gasteiger partial charge in [0.05, 0.1) is 24.5 Å². The Morgan fingerprint density at radius 2 is 2.07 bits per heavy atom. The summed E-state index contributed by atoms with van der Waals surface area (Å²) < 4.78 is 1.88. The van der Waals surface area contributed by atoms with E-state index in [0.29, 0.717) is 12.2 Å². The number of aromatic amines is 1. The SMILES string of the molecule is CC(=O)N1CCCn2nc(CNC(=O)c3ccc(C(C)C)[nH]c3=O)cc2C1. The number of carbonyl (C=O) groups is 2. The van der Waals surface area contributed by atoms with Gasteiger partial charge in [0.2, 0.25) is 5.91 Å². The summed E-state index contributed by atoms with van der Waals surface area (Å²) in [6.07, 6.45) is 0.845. The normalized spacial score (nSPS) is 14.0. The zero-order chi connectivity index (χ0) is 19.6. The Labute approximate surface area is 157 Å². The molecule has 2 N–H and O–H groups in total. The standard InChI is InChI=1S/C19H25N5O3/c1-12(2)17-6-5-16(19(27)21-17)18(26)20-10-14-9-15-11-23(13(3)25)7-4-8-24(15)22-14/h5-6,9,12H,4,7-8,10-11H2,1-3H3,(H,20,26)(H,21,27). The number of hydrogen-bond acceptors (Lipinski definition) is 4. The zero-order valence-corrected chi connectivity index (χ0v) is 15.9. The topological polar surface area (TPSA) is 100 Å². The zero-order valence-electron chi connectivity index (χ0n) is 15.9. The fourth-order valence-corrected chi connectivity index (χ4v) is 3.15. The van der Waals surface area contributed by atoms with Gasteiger partial charge in [-0.05, 0) is 30.5 Å². The summed E-state index contributed by atoms with van der Waals surface area (Å²) in [7, 11) is 0. The Morgan fingerprint density at radius 3 is 2.74 bits per heavy atom. The Kier molecular flexibility index (Phi) is 5.43. The fraction of sp³-hybridized carbons (Fsp3) is 0.474. The number of hydrogen-bond donors (Lipinski definition) is 2. The number of pyridine rings is 1. The number of aryl methyl sites for hydroxylation is 1. The molecule has 0 saturated carbocycles. The van der Waals surface area contributed by atoms with Gasteiger partial charge in [-0.1, -0.05) is 13.8 Å². The summed E-state index contributed by atoms with van der Waals surface area (Å²) in [5.41, 5.74) is 2.15. The second-order valence-electron chi connectivity index (χ2n) is 7.14. The van der Waals surface area contributed by atoms with Crippen molar-refractivity contribution >= 4 is 11.8 Å². The molecule has 0 bridgehead atoms. The molecule has 0 fully saturated rings. The summed E-state index contributed by atoms with van der Waals surface area (Å²) in [6.45, 7) is 7.72. The van der Waals surface area contributed by atoms with Crippen molar-refractivity contribution in [1.29, 1.82) is 0 Å². The molecule has 0 spiro atoms. The van der Waals surface area contributed by atoms with Crippen molar-refractivity contribution in [3.05, 3.63) is 51.2 Å². The second kappa shape index (κ2) is 7.77. The highest BCUT2D eigenvalue weighted by Crippen LogP contribution is 2.14. The van der Waals surface area contributed by atoms with Crippen LogP contribution in [0.4, 0.5) is 0 Å². The predicted octanol–water partition coefficient (Wildman–Crippen LogP) is 1.38. The molecule has 0 saturated heterocycles. The Balaban J connectivity index is 1.67. The highest BCUT2D eigenvalue weighted by molar-refractivity contribution is 5.93. The first-order valence-corrected chi connectivity index (χ1v) is 9.17. The molecule has 2 amide bonds. The minimum Gasteiger partial charge on any atom is -0.346 e. The van der Waals surface area contributed by atoms with Gasteiger partial charge in [-0.2, -0.15) is 5.10 Å². The first-order chi connectivity index (χ1) is 12.8. The quantitative estimate of drug-likeness (QED) is 0.848. The number of nitrogens with zero attached hydrogens (tertiary/aromatic N) is 3. The van der Waals surface area contributed by atoms with Gasteiger partial charge in [0.15, 0.2) is 0 Å². The fourth-order valence-electron chi connectivity index (χ4n) is 3.15. The third-order valence-corrected chi connectivity index (χ3v) is 4.74. The van der Waals surface area contributed by atoms with Crippen LogP contribution in [0.15, 0.2) is 23.0 Å². The molecule has 2 aromatic heterocycles. The molecule has 0 aliphatic carbocycles. The summed E-state index contributed by atoms with van der Waals surface area (Å²) in [4.78, 5) is 40.6. The van der Waals surface area contributed by atoms with Crippen LogP contribution in [0.2, 0.25) is 0 Å². The van der Waals surface area contributed by atoms with Crippen molar-refractivity contribution in [2.24, 2.45) is 0 Å². The van der Waals surface area contributed by atoms with E-state index in [9.17, 15) is 14.4 Å². The van der Waals surface area contributed by atoms with Crippen LogP contribution < -0.4 is 10.9 Å². The summed E-state index contributed by atoms with van der Waals surface area (Å²) >= 11 is 0. The van der Waals surface area contributed by atoms with Crippen LogP contribution in [0.5, 0.6) is 0 Å². The lowest BCUT2D eigenvalue weighted by molar-refractivity contribution is -0.129. The first kappa shape index (κ1) is 18.9. The van der Waals surface area contributed by atoms with Crippen LogP contribution in [-0.2, 0) is 24.4 Å². The highest BCUT2D eigenvalue weighted by Gasteiger charge is 2.19. The van der Waals surface area contributed by atoms with Gasteiger partial charge in [0.1, 0.15) is 5.56 Å². The minimum absolute atomic E-state index is 0.0450. The van der Waals surface area contributed by atoms with Crippen molar-refractivity contribution in [3.63, 3.8) is 0 Å². The molecule has 2 aromatic rings. The lowest BCUT2D eigenvalue weighted by Gasteiger charge is -2.17. The third-order valence-electron chi connectivity index (χ3n) is 4.74. The molecule has 8 heteroatoms. The maximum Gasteiger partial charge on any atom is 0.261 e. The maximum absolute atomic E-state index is 12.3. The number of nitrogens with one attached hydrogen (secondary N) is 2. The van der Waals surface area contributed by atoms with Crippen molar-refractivity contribution in [1.82, 2.24) is 25.0 Å². The van der Waals surface area contributed by atoms with E-state index in [1.807, 2.05) is 24.6 Å². The molecule has 0 atom stereocenters. The third kappa shape index (κ3) is 4.27. The van der Waals surface area contributed by atoms with Gasteiger partial charge in [-0.25, -0.2) is 0 Å². The van der Waals surface area contributed by atoms with Gasteiger partial charge in [-0.3, -0.25) is 19.1 Å². The Bertz CT molecular complexity index is 912. The van der Waals surface area contributed by atoms with Crippen LogP contribution in [-0.4, -0.2) is 38.0 Å². The molecule has 3 rings (SSSR count). The van der Waals surface area contributed by atoms with E-state index in [0.717, 1.165) is 30.9 Å². The van der Waals surface area contributed by atoms with Crippen molar-refractivity contribution < 1.29 is 9.59 Å².